The molecule has 1 aliphatic heterocycles. The minimum atomic E-state index is 0.0567. The van der Waals surface area contributed by atoms with E-state index in [9.17, 15) is 4.79 Å². The van der Waals surface area contributed by atoms with Crippen molar-refractivity contribution in [3.05, 3.63) is 17.0 Å². The van der Waals surface area contributed by atoms with Gasteiger partial charge in [-0.1, -0.05) is 33.1 Å². The summed E-state index contributed by atoms with van der Waals surface area (Å²) >= 11 is 0. The number of H-pyrrole nitrogens is 1. The molecule has 1 aromatic heterocycles. The number of aryl methyl sites for hydroxylation is 1. The van der Waals surface area contributed by atoms with Crippen molar-refractivity contribution in [1.82, 2.24) is 20.0 Å². The Morgan fingerprint density at radius 3 is 2.62 bits per heavy atom. The van der Waals surface area contributed by atoms with Crippen molar-refractivity contribution in [2.75, 3.05) is 20.1 Å². The Balaban J connectivity index is 1.90. The summed E-state index contributed by atoms with van der Waals surface area (Å²) in [4.78, 5) is 17.9. The fourth-order valence-electron chi connectivity index (χ4n) is 4.67. The normalized spacial score (nSPS) is 23.4. The van der Waals surface area contributed by atoms with Gasteiger partial charge in [0.05, 0.1) is 0 Å². The summed E-state index contributed by atoms with van der Waals surface area (Å²) in [5.74, 6) is 0.136. The Kier molecular flexibility index (Phi) is 5.00. The molecular formula is C19H32N4O. The van der Waals surface area contributed by atoms with Crippen LogP contribution < -0.4 is 0 Å². The number of nitrogens with zero attached hydrogens (tertiary/aromatic N) is 3. The standard InChI is InChI=1S/C19H32N4O/c1-5-16-14(3)17(21-20-16)18(24)23-13-15(22(4)6-2)12-19(23)10-8-7-9-11-19/h15H,5-13H2,1-4H3,(H,20,21). The summed E-state index contributed by atoms with van der Waals surface area (Å²) in [6.45, 7) is 8.19. The van der Waals surface area contributed by atoms with Crippen LogP contribution in [0.3, 0.4) is 0 Å². The van der Waals surface area contributed by atoms with Gasteiger partial charge in [-0.25, -0.2) is 0 Å². The van der Waals surface area contributed by atoms with Gasteiger partial charge in [-0.15, -0.1) is 0 Å². The molecule has 1 saturated heterocycles. The molecule has 1 aliphatic carbocycles. The zero-order valence-electron chi connectivity index (χ0n) is 15.7. The average molecular weight is 332 g/mol. The fraction of sp³-hybridized carbons (Fsp3) is 0.789. The van der Waals surface area contributed by atoms with Gasteiger partial charge in [0.15, 0.2) is 5.69 Å². The Hall–Kier alpha value is -1.36. The first kappa shape index (κ1) is 17.5. The number of aromatic nitrogens is 2. The third-order valence-electron chi connectivity index (χ3n) is 6.40. The molecular weight excluding hydrogens is 300 g/mol. The molecule has 3 rings (SSSR count). The lowest BCUT2D eigenvalue weighted by Gasteiger charge is -2.41. The maximum Gasteiger partial charge on any atom is 0.275 e. The molecule has 5 heteroatoms. The minimum absolute atomic E-state index is 0.0567. The molecule has 1 unspecified atom stereocenters. The lowest BCUT2D eigenvalue weighted by molar-refractivity contribution is 0.0493. The molecule has 1 saturated carbocycles. The van der Waals surface area contributed by atoms with Crippen LogP contribution in [0.25, 0.3) is 0 Å². The fourth-order valence-corrected chi connectivity index (χ4v) is 4.67. The number of amides is 1. The first-order chi connectivity index (χ1) is 11.5. The highest BCUT2D eigenvalue weighted by Gasteiger charge is 2.49. The SMILES string of the molecule is CCc1[nH]nc(C(=O)N2CC(N(C)CC)CC23CCCCC3)c1C. The predicted molar refractivity (Wildman–Crippen MR) is 96.3 cm³/mol. The van der Waals surface area contributed by atoms with E-state index in [1.165, 1.54) is 19.3 Å². The Labute approximate surface area is 145 Å². The zero-order valence-corrected chi connectivity index (χ0v) is 15.7. The van der Waals surface area contributed by atoms with Crippen molar-refractivity contribution in [2.24, 2.45) is 0 Å². The van der Waals surface area contributed by atoms with Crippen LogP contribution in [0.5, 0.6) is 0 Å². The summed E-state index contributed by atoms with van der Waals surface area (Å²) in [5.41, 5.74) is 2.80. The molecule has 0 radical (unpaired) electrons. The Morgan fingerprint density at radius 1 is 1.33 bits per heavy atom. The predicted octanol–water partition coefficient (Wildman–Crippen LogP) is 3.15. The minimum Gasteiger partial charge on any atom is -0.330 e. The van der Waals surface area contributed by atoms with Crippen LogP contribution >= 0.6 is 0 Å². The molecule has 1 atom stereocenters. The number of hydrogen-bond donors (Lipinski definition) is 1. The van der Waals surface area contributed by atoms with Gasteiger partial charge >= 0.3 is 0 Å². The third-order valence-corrected chi connectivity index (χ3v) is 6.40. The van der Waals surface area contributed by atoms with E-state index in [4.69, 9.17) is 0 Å². The first-order valence-corrected chi connectivity index (χ1v) is 9.58. The summed E-state index contributed by atoms with van der Waals surface area (Å²) in [5, 5.41) is 7.43. The second-order valence-electron chi connectivity index (χ2n) is 7.66. The second kappa shape index (κ2) is 6.87. The highest BCUT2D eigenvalue weighted by Crippen LogP contribution is 2.43. The van der Waals surface area contributed by atoms with Crippen LogP contribution in [0, 0.1) is 6.92 Å². The van der Waals surface area contributed by atoms with E-state index in [0.29, 0.717) is 11.7 Å². The maximum atomic E-state index is 13.4. The second-order valence-corrected chi connectivity index (χ2v) is 7.66. The lowest BCUT2D eigenvalue weighted by Crippen LogP contribution is -2.48. The van der Waals surface area contributed by atoms with Gasteiger partial charge in [-0.05, 0) is 46.2 Å². The van der Waals surface area contributed by atoms with E-state index in [0.717, 1.165) is 50.0 Å². The van der Waals surface area contributed by atoms with E-state index in [2.05, 4.69) is 40.9 Å². The molecule has 1 N–H and O–H groups in total. The Bertz CT molecular complexity index is 588. The van der Waals surface area contributed by atoms with Crippen molar-refractivity contribution in [1.29, 1.82) is 0 Å². The van der Waals surface area contributed by atoms with Crippen LogP contribution in [0.4, 0.5) is 0 Å². The van der Waals surface area contributed by atoms with E-state index in [1.807, 2.05) is 6.92 Å². The number of carbonyl (C=O) groups is 1. The van der Waals surface area contributed by atoms with E-state index in [-0.39, 0.29) is 11.4 Å². The molecule has 2 aliphatic rings. The van der Waals surface area contributed by atoms with Crippen molar-refractivity contribution in [2.45, 2.75) is 77.3 Å². The summed E-state index contributed by atoms with van der Waals surface area (Å²) in [6.07, 6.45) is 8.09. The lowest BCUT2D eigenvalue weighted by atomic mass is 9.79. The molecule has 134 valence electrons. The van der Waals surface area contributed by atoms with Crippen molar-refractivity contribution in [3.8, 4) is 0 Å². The highest BCUT2D eigenvalue weighted by atomic mass is 16.2. The molecule has 1 amide bonds. The van der Waals surface area contributed by atoms with Crippen molar-refractivity contribution < 1.29 is 4.79 Å². The van der Waals surface area contributed by atoms with E-state index < -0.39 is 0 Å². The van der Waals surface area contributed by atoms with Gasteiger partial charge in [0.25, 0.3) is 5.91 Å². The monoisotopic (exact) mass is 332 g/mol. The highest BCUT2D eigenvalue weighted by molar-refractivity contribution is 5.94. The molecule has 0 aromatic carbocycles. The zero-order chi connectivity index (χ0) is 17.3. The topological polar surface area (TPSA) is 52.2 Å². The quantitative estimate of drug-likeness (QED) is 0.921. The van der Waals surface area contributed by atoms with Crippen LogP contribution in [0.2, 0.25) is 0 Å². The van der Waals surface area contributed by atoms with Gasteiger partial charge < -0.3 is 9.80 Å². The number of aromatic amines is 1. The third kappa shape index (κ3) is 2.87. The Morgan fingerprint density at radius 2 is 2.04 bits per heavy atom. The number of likely N-dealkylation sites (tertiary alicyclic amines) is 1. The average Bonchev–Trinajstić information content (AvgIpc) is 3.15. The van der Waals surface area contributed by atoms with Crippen LogP contribution in [0.15, 0.2) is 0 Å². The van der Waals surface area contributed by atoms with Gasteiger partial charge in [0.2, 0.25) is 0 Å². The molecule has 1 spiro atoms. The van der Waals surface area contributed by atoms with Crippen LogP contribution in [-0.2, 0) is 6.42 Å². The number of likely N-dealkylation sites (N-methyl/N-ethyl adjacent to an activating group) is 1. The van der Waals surface area contributed by atoms with Gasteiger partial charge in [-0.3, -0.25) is 9.89 Å². The van der Waals surface area contributed by atoms with Gasteiger partial charge in [0.1, 0.15) is 0 Å². The summed E-state index contributed by atoms with van der Waals surface area (Å²) in [6, 6.07) is 0.474. The van der Waals surface area contributed by atoms with Crippen LogP contribution in [0.1, 0.15) is 74.1 Å². The number of rotatable bonds is 4. The first-order valence-electron chi connectivity index (χ1n) is 9.58. The van der Waals surface area contributed by atoms with E-state index in [1.54, 1.807) is 0 Å². The molecule has 5 nitrogen and oxygen atoms in total. The molecule has 1 aromatic rings. The van der Waals surface area contributed by atoms with Gasteiger partial charge in [-0.2, -0.15) is 5.10 Å². The number of nitrogens with one attached hydrogen (secondary N) is 1. The van der Waals surface area contributed by atoms with Crippen LogP contribution in [-0.4, -0.2) is 57.6 Å². The molecule has 2 fully saturated rings. The molecule has 24 heavy (non-hydrogen) atoms. The smallest absolute Gasteiger partial charge is 0.275 e. The molecule has 0 bridgehead atoms. The van der Waals surface area contributed by atoms with Crippen molar-refractivity contribution in [3.63, 3.8) is 0 Å². The summed E-state index contributed by atoms with van der Waals surface area (Å²) < 4.78 is 0. The largest absolute Gasteiger partial charge is 0.330 e. The number of hydrogen-bond acceptors (Lipinski definition) is 3. The number of carbonyl (C=O) groups excluding carboxylic acids is 1. The van der Waals surface area contributed by atoms with Crippen molar-refractivity contribution >= 4 is 5.91 Å². The molecule has 2 heterocycles. The van der Waals surface area contributed by atoms with E-state index >= 15 is 0 Å². The maximum absolute atomic E-state index is 13.4. The van der Waals surface area contributed by atoms with Gasteiger partial charge in [0, 0.05) is 29.4 Å². The summed E-state index contributed by atoms with van der Waals surface area (Å²) in [7, 11) is 2.18.